The molecule has 0 saturated heterocycles. The molecule has 3 N–H and O–H groups in total. The van der Waals surface area contributed by atoms with Gasteiger partial charge in [0.1, 0.15) is 6.21 Å². The maximum atomic E-state index is 11.6. The zero-order chi connectivity index (χ0) is 12.9. The summed E-state index contributed by atoms with van der Waals surface area (Å²) < 4.78 is 27.5. The fourth-order valence-electron chi connectivity index (χ4n) is 0.936. The number of carbonyl (C=O) groups excluding carboxylic acids is 1. The molecule has 0 aliphatic rings. The van der Waals surface area contributed by atoms with Gasteiger partial charge in [-0.05, 0) is 18.2 Å². The van der Waals surface area contributed by atoms with Crippen molar-refractivity contribution in [3.8, 4) is 0 Å². The second-order valence-corrected chi connectivity index (χ2v) is 4.61. The van der Waals surface area contributed by atoms with E-state index in [1.165, 1.54) is 18.2 Å². The van der Waals surface area contributed by atoms with E-state index in [0.29, 0.717) is 11.9 Å². The molecule has 9 heteroatoms. The predicted octanol–water partition coefficient (Wildman–Crippen LogP) is 0.128. The quantitative estimate of drug-likeness (QED) is 0.355. The van der Waals surface area contributed by atoms with Crippen molar-refractivity contribution in [2.45, 2.75) is 4.90 Å². The second-order valence-electron chi connectivity index (χ2n) is 2.95. The van der Waals surface area contributed by atoms with Gasteiger partial charge in [0.15, 0.2) is 0 Å². The van der Waals surface area contributed by atoms with Gasteiger partial charge in [-0.3, -0.25) is 0 Å². The zero-order valence-electron chi connectivity index (χ0n) is 9.36. The molecule has 1 aromatic rings. The van der Waals surface area contributed by atoms with Gasteiger partial charge in [-0.25, -0.2) is 4.79 Å². The predicted molar refractivity (Wildman–Crippen MR) is 68.9 cm³/mol. The van der Waals surface area contributed by atoms with Gasteiger partial charge >= 0.3 is 5.97 Å². The summed E-state index contributed by atoms with van der Waals surface area (Å²) in [7, 11) is -2.67. The summed E-state index contributed by atoms with van der Waals surface area (Å²) in [6, 6.07) is 5.67. The summed E-state index contributed by atoms with van der Waals surface area (Å²) in [5, 5.41) is 3.24. The molecule has 0 aromatic heterocycles. The topological polar surface area (TPSA) is 111 Å². The van der Waals surface area contributed by atoms with Crippen molar-refractivity contribution in [3.63, 3.8) is 0 Å². The van der Waals surface area contributed by atoms with Crippen LogP contribution in [0.3, 0.4) is 0 Å². The highest BCUT2D eigenvalue weighted by Crippen LogP contribution is 2.12. The Morgan fingerprint density at radius 1 is 1.50 bits per heavy atom. The average molecular weight is 294 g/mol. The Kier molecular flexibility index (Phi) is 6.14. The first-order valence-corrected chi connectivity index (χ1v) is 5.92. The third-order valence-electron chi connectivity index (χ3n) is 1.71. The first-order valence-electron chi connectivity index (χ1n) is 4.44. The monoisotopic (exact) mass is 293 g/mol. The number of nitrogens with zero attached hydrogens (tertiary/aromatic N) is 1. The molecule has 1 aromatic carbocycles. The van der Waals surface area contributed by atoms with Gasteiger partial charge in [0, 0.05) is 5.69 Å². The molecular weight excluding hydrogens is 282 g/mol. The van der Waals surface area contributed by atoms with E-state index in [-0.39, 0.29) is 17.3 Å². The SMILES string of the molecule is COC(=O)/C=N/NS(=O)(=O)c1cccc(N)c1.Cl. The number of nitrogens with two attached hydrogens (primary N) is 1. The van der Waals surface area contributed by atoms with E-state index in [2.05, 4.69) is 9.84 Å². The van der Waals surface area contributed by atoms with Crippen LogP contribution < -0.4 is 10.6 Å². The highest BCUT2D eigenvalue weighted by Gasteiger charge is 2.12. The average Bonchev–Trinajstić information content (AvgIpc) is 2.28. The molecule has 0 radical (unpaired) electrons. The molecule has 0 unspecified atom stereocenters. The Balaban J connectivity index is 0.00000289. The number of nitrogens with one attached hydrogen (secondary N) is 1. The molecule has 0 atom stereocenters. The van der Waals surface area contributed by atoms with Gasteiger partial charge in [0.05, 0.1) is 12.0 Å². The van der Waals surface area contributed by atoms with Gasteiger partial charge in [0.2, 0.25) is 0 Å². The summed E-state index contributed by atoms with van der Waals surface area (Å²) >= 11 is 0. The molecule has 0 saturated carbocycles. The minimum absolute atomic E-state index is 0. The largest absolute Gasteiger partial charge is 0.465 e. The number of hydrogen-bond acceptors (Lipinski definition) is 6. The van der Waals surface area contributed by atoms with Crippen LogP contribution in [0.1, 0.15) is 0 Å². The van der Waals surface area contributed by atoms with Crippen LogP contribution in [0.5, 0.6) is 0 Å². The van der Waals surface area contributed by atoms with Gasteiger partial charge < -0.3 is 10.5 Å². The van der Waals surface area contributed by atoms with E-state index in [9.17, 15) is 13.2 Å². The number of halogens is 1. The van der Waals surface area contributed by atoms with Crippen molar-refractivity contribution in [3.05, 3.63) is 24.3 Å². The smallest absolute Gasteiger partial charge is 0.350 e. The minimum Gasteiger partial charge on any atom is -0.465 e. The van der Waals surface area contributed by atoms with Crippen LogP contribution in [0.15, 0.2) is 34.3 Å². The molecule has 0 aliphatic heterocycles. The molecule has 7 nitrogen and oxygen atoms in total. The number of carbonyl (C=O) groups is 1. The van der Waals surface area contributed by atoms with E-state index >= 15 is 0 Å². The highest BCUT2D eigenvalue weighted by atomic mass is 35.5. The summed E-state index contributed by atoms with van der Waals surface area (Å²) in [6.07, 6.45) is 0.712. The fourth-order valence-corrected chi connectivity index (χ4v) is 1.78. The van der Waals surface area contributed by atoms with Crippen LogP contribution in [-0.2, 0) is 19.6 Å². The van der Waals surface area contributed by atoms with Crippen LogP contribution in [0.2, 0.25) is 0 Å². The summed E-state index contributed by atoms with van der Waals surface area (Å²) in [4.78, 5) is 12.5. The number of nitrogen functional groups attached to an aromatic ring is 1. The molecule has 1 rings (SSSR count). The third kappa shape index (κ3) is 4.60. The summed E-state index contributed by atoms with van der Waals surface area (Å²) in [6.45, 7) is 0. The Bertz CT molecular complexity index is 544. The fraction of sp³-hybridized carbons (Fsp3) is 0.111. The maximum absolute atomic E-state index is 11.6. The Hall–Kier alpha value is -1.80. The van der Waals surface area contributed by atoms with E-state index < -0.39 is 16.0 Å². The molecule has 100 valence electrons. The van der Waals surface area contributed by atoms with Crippen LogP contribution in [-0.4, -0.2) is 27.7 Å². The van der Waals surface area contributed by atoms with Crippen LogP contribution in [0.25, 0.3) is 0 Å². The van der Waals surface area contributed by atoms with Crippen molar-refractivity contribution in [1.82, 2.24) is 4.83 Å². The lowest BCUT2D eigenvalue weighted by atomic mass is 10.3. The van der Waals surface area contributed by atoms with E-state index in [1.54, 1.807) is 6.07 Å². The molecular formula is C9H12ClN3O4S. The zero-order valence-corrected chi connectivity index (χ0v) is 11.0. The van der Waals surface area contributed by atoms with Gasteiger partial charge in [-0.1, -0.05) is 6.07 Å². The van der Waals surface area contributed by atoms with Crippen LogP contribution in [0.4, 0.5) is 5.69 Å². The Labute approximate surface area is 110 Å². The van der Waals surface area contributed by atoms with Gasteiger partial charge in [-0.2, -0.15) is 18.4 Å². The summed E-state index contributed by atoms with van der Waals surface area (Å²) in [5.41, 5.74) is 5.76. The molecule has 0 heterocycles. The maximum Gasteiger partial charge on any atom is 0.350 e. The number of esters is 1. The van der Waals surface area contributed by atoms with E-state index in [4.69, 9.17) is 5.73 Å². The van der Waals surface area contributed by atoms with E-state index in [1.807, 2.05) is 4.83 Å². The minimum atomic E-state index is -3.82. The Morgan fingerprint density at radius 2 is 2.17 bits per heavy atom. The van der Waals surface area contributed by atoms with Crippen LogP contribution in [0, 0.1) is 0 Å². The number of rotatable bonds is 4. The molecule has 0 fully saturated rings. The third-order valence-corrected chi connectivity index (χ3v) is 2.93. The molecule has 0 spiro atoms. The number of sulfonamides is 1. The number of hydrazone groups is 1. The number of anilines is 1. The van der Waals surface area contributed by atoms with E-state index in [0.717, 1.165) is 7.11 Å². The standard InChI is InChI=1S/C9H11N3O4S.ClH/c1-16-9(13)6-11-12-17(14,15)8-4-2-3-7(10)5-8;/h2-6,12H,10H2,1H3;1H/b11-6+;. The summed E-state index contributed by atoms with van der Waals surface area (Å²) in [5.74, 6) is -0.764. The van der Waals surface area contributed by atoms with Crippen molar-refractivity contribution in [1.29, 1.82) is 0 Å². The van der Waals surface area contributed by atoms with Gasteiger partial charge in [-0.15, -0.1) is 12.4 Å². The number of methoxy groups -OCH3 is 1. The Morgan fingerprint density at radius 3 is 2.72 bits per heavy atom. The van der Waals surface area contributed by atoms with Crippen molar-refractivity contribution >= 4 is 40.3 Å². The lowest BCUT2D eigenvalue weighted by Crippen LogP contribution is -2.19. The van der Waals surface area contributed by atoms with Crippen molar-refractivity contribution in [2.75, 3.05) is 12.8 Å². The first kappa shape index (κ1) is 16.2. The van der Waals surface area contributed by atoms with Crippen molar-refractivity contribution in [2.24, 2.45) is 5.10 Å². The number of hydrogen-bond donors (Lipinski definition) is 2. The highest BCUT2D eigenvalue weighted by molar-refractivity contribution is 7.89. The number of benzene rings is 1. The normalized spacial score (nSPS) is 10.7. The van der Waals surface area contributed by atoms with Gasteiger partial charge in [0.25, 0.3) is 10.0 Å². The van der Waals surface area contributed by atoms with Crippen LogP contribution >= 0.6 is 12.4 Å². The lowest BCUT2D eigenvalue weighted by Gasteiger charge is -2.03. The lowest BCUT2D eigenvalue weighted by molar-refractivity contribution is -0.132. The number of ether oxygens (including phenoxy) is 1. The first-order chi connectivity index (χ1) is 7.95. The van der Waals surface area contributed by atoms with Crippen molar-refractivity contribution < 1.29 is 17.9 Å². The molecule has 0 bridgehead atoms. The molecule has 0 aliphatic carbocycles. The molecule has 0 amide bonds. The molecule has 18 heavy (non-hydrogen) atoms. The second kappa shape index (κ2) is 6.82.